The Hall–Kier alpha value is -3.13. The summed E-state index contributed by atoms with van der Waals surface area (Å²) in [6.07, 6.45) is 0. The summed E-state index contributed by atoms with van der Waals surface area (Å²) in [6.45, 7) is 6.13. The number of nitrogens with zero attached hydrogens (tertiary/aromatic N) is 2. The minimum atomic E-state index is -3.74. The molecule has 0 aliphatic rings. The lowest BCUT2D eigenvalue weighted by Gasteiger charge is -2.12. The Morgan fingerprint density at radius 3 is 2.36 bits per heavy atom. The number of rotatable bonds is 7. The SMILES string of the molecule is CCOc1ccccc1Nc1ccc(NS(=O)(=O)c2ccc(C)cc2C)nn1. The van der Waals surface area contributed by atoms with E-state index in [1.165, 1.54) is 0 Å². The van der Waals surface area contributed by atoms with Crippen molar-refractivity contribution < 1.29 is 13.2 Å². The average Bonchev–Trinajstić information content (AvgIpc) is 2.64. The van der Waals surface area contributed by atoms with Crippen LogP contribution in [0.3, 0.4) is 0 Å². The fourth-order valence-electron chi connectivity index (χ4n) is 2.74. The fourth-order valence-corrected chi connectivity index (χ4v) is 3.96. The van der Waals surface area contributed by atoms with E-state index in [1.54, 1.807) is 31.2 Å². The van der Waals surface area contributed by atoms with Gasteiger partial charge in [0.25, 0.3) is 10.0 Å². The summed E-state index contributed by atoms with van der Waals surface area (Å²) in [5.41, 5.74) is 2.42. The Morgan fingerprint density at radius 2 is 1.68 bits per heavy atom. The van der Waals surface area contributed by atoms with Gasteiger partial charge in [-0.1, -0.05) is 29.8 Å². The highest BCUT2D eigenvalue weighted by molar-refractivity contribution is 7.92. The second-order valence-electron chi connectivity index (χ2n) is 6.23. The minimum Gasteiger partial charge on any atom is -0.492 e. The van der Waals surface area contributed by atoms with Crippen molar-refractivity contribution in [1.82, 2.24) is 10.2 Å². The number of sulfonamides is 1. The molecule has 1 heterocycles. The average molecular weight is 398 g/mol. The lowest BCUT2D eigenvalue weighted by molar-refractivity contribution is 0.342. The molecule has 0 unspecified atom stereocenters. The van der Waals surface area contributed by atoms with Gasteiger partial charge in [0.1, 0.15) is 5.75 Å². The molecule has 0 amide bonds. The van der Waals surface area contributed by atoms with Gasteiger partial charge in [-0.3, -0.25) is 4.72 Å². The van der Waals surface area contributed by atoms with Crippen LogP contribution in [0.2, 0.25) is 0 Å². The number of benzene rings is 2. The van der Waals surface area contributed by atoms with Crippen molar-refractivity contribution in [3.8, 4) is 5.75 Å². The highest BCUT2D eigenvalue weighted by Gasteiger charge is 2.17. The summed E-state index contributed by atoms with van der Waals surface area (Å²) in [7, 11) is -3.74. The van der Waals surface area contributed by atoms with Crippen LogP contribution in [0.1, 0.15) is 18.1 Å². The van der Waals surface area contributed by atoms with Crippen molar-refractivity contribution >= 4 is 27.3 Å². The lowest BCUT2D eigenvalue weighted by Crippen LogP contribution is -2.15. The van der Waals surface area contributed by atoms with E-state index in [9.17, 15) is 8.42 Å². The maximum Gasteiger partial charge on any atom is 0.263 e. The quantitative estimate of drug-likeness (QED) is 0.624. The van der Waals surface area contributed by atoms with Gasteiger partial charge in [-0.2, -0.15) is 0 Å². The second kappa shape index (κ2) is 8.26. The van der Waals surface area contributed by atoms with Gasteiger partial charge in [-0.25, -0.2) is 8.42 Å². The number of anilines is 3. The Balaban J connectivity index is 1.76. The lowest BCUT2D eigenvalue weighted by atomic mass is 10.2. The molecule has 146 valence electrons. The van der Waals surface area contributed by atoms with Crippen LogP contribution in [-0.2, 0) is 10.0 Å². The second-order valence-corrected chi connectivity index (χ2v) is 7.88. The van der Waals surface area contributed by atoms with Crippen LogP contribution in [0, 0.1) is 13.8 Å². The number of aryl methyl sites for hydroxylation is 2. The van der Waals surface area contributed by atoms with Gasteiger partial charge >= 0.3 is 0 Å². The summed E-state index contributed by atoms with van der Waals surface area (Å²) in [5.74, 6) is 1.32. The molecule has 0 saturated carbocycles. The molecule has 0 atom stereocenters. The first kappa shape index (κ1) is 19.6. The number of nitrogens with one attached hydrogen (secondary N) is 2. The highest BCUT2D eigenvalue weighted by Crippen LogP contribution is 2.27. The minimum absolute atomic E-state index is 0.142. The van der Waals surface area contributed by atoms with Gasteiger partial charge < -0.3 is 10.1 Å². The van der Waals surface area contributed by atoms with Crippen molar-refractivity contribution in [2.45, 2.75) is 25.7 Å². The summed E-state index contributed by atoms with van der Waals surface area (Å²) in [4.78, 5) is 0.216. The van der Waals surface area contributed by atoms with Crippen LogP contribution in [-0.4, -0.2) is 25.2 Å². The molecule has 8 heteroatoms. The Kier molecular flexibility index (Phi) is 5.79. The van der Waals surface area contributed by atoms with Crippen molar-refractivity contribution in [2.75, 3.05) is 16.6 Å². The summed E-state index contributed by atoms with van der Waals surface area (Å²) in [5, 5.41) is 11.1. The van der Waals surface area contributed by atoms with Crippen molar-refractivity contribution in [3.63, 3.8) is 0 Å². The molecule has 0 radical (unpaired) electrons. The predicted octanol–water partition coefficient (Wildman–Crippen LogP) is 4.04. The van der Waals surface area contributed by atoms with E-state index in [0.717, 1.165) is 11.3 Å². The molecular formula is C20H22N4O3S. The topological polar surface area (TPSA) is 93.2 Å². The summed E-state index contributed by atoms with van der Waals surface area (Å²) in [6, 6.07) is 15.8. The van der Waals surface area contributed by atoms with E-state index in [2.05, 4.69) is 20.2 Å². The number of ether oxygens (including phenoxy) is 1. The number of hydrogen-bond acceptors (Lipinski definition) is 6. The van der Waals surface area contributed by atoms with Gasteiger partial charge in [0.05, 0.1) is 17.2 Å². The van der Waals surface area contributed by atoms with Crippen LogP contribution in [0.15, 0.2) is 59.5 Å². The normalized spacial score (nSPS) is 11.1. The standard InChI is InChI=1S/C20H22N4O3S/c1-4-27-17-8-6-5-7-16(17)21-19-11-12-20(23-22-19)24-28(25,26)18-10-9-14(2)13-15(18)3/h5-13H,4H2,1-3H3,(H,21,22)(H,23,24). The molecule has 0 saturated heterocycles. The van der Waals surface area contributed by atoms with E-state index in [0.29, 0.717) is 23.7 Å². The molecule has 0 bridgehead atoms. The van der Waals surface area contributed by atoms with Gasteiger partial charge in [0.2, 0.25) is 0 Å². The van der Waals surface area contributed by atoms with Crippen molar-refractivity contribution in [3.05, 3.63) is 65.7 Å². The third kappa shape index (κ3) is 4.58. The largest absolute Gasteiger partial charge is 0.492 e. The number of hydrogen-bond donors (Lipinski definition) is 2. The molecule has 2 aromatic carbocycles. The smallest absolute Gasteiger partial charge is 0.263 e. The zero-order valence-corrected chi connectivity index (χ0v) is 16.7. The first-order valence-electron chi connectivity index (χ1n) is 8.81. The van der Waals surface area contributed by atoms with Crippen LogP contribution < -0.4 is 14.8 Å². The number of para-hydroxylation sites is 2. The Morgan fingerprint density at radius 1 is 0.964 bits per heavy atom. The van der Waals surface area contributed by atoms with E-state index in [4.69, 9.17) is 4.74 Å². The van der Waals surface area contributed by atoms with Gasteiger partial charge in [0.15, 0.2) is 11.6 Å². The first-order chi connectivity index (χ1) is 13.4. The van der Waals surface area contributed by atoms with E-state index in [1.807, 2.05) is 44.2 Å². The summed E-state index contributed by atoms with van der Waals surface area (Å²) < 4.78 is 33.3. The maximum absolute atomic E-state index is 12.6. The monoisotopic (exact) mass is 398 g/mol. The zero-order chi connectivity index (χ0) is 20.1. The fraction of sp³-hybridized carbons (Fsp3) is 0.200. The molecule has 0 fully saturated rings. The third-order valence-electron chi connectivity index (χ3n) is 3.97. The summed E-state index contributed by atoms with van der Waals surface area (Å²) >= 11 is 0. The number of aromatic nitrogens is 2. The van der Waals surface area contributed by atoms with Crippen molar-refractivity contribution in [2.24, 2.45) is 0 Å². The molecule has 0 aliphatic carbocycles. The molecule has 0 spiro atoms. The molecule has 0 aliphatic heterocycles. The van der Waals surface area contributed by atoms with Gasteiger partial charge in [-0.15, -0.1) is 10.2 Å². The molecule has 7 nitrogen and oxygen atoms in total. The molecule has 1 aromatic heterocycles. The molecular weight excluding hydrogens is 376 g/mol. The van der Waals surface area contributed by atoms with Gasteiger partial charge in [0, 0.05) is 0 Å². The van der Waals surface area contributed by atoms with Crippen LogP contribution in [0.4, 0.5) is 17.3 Å². The van der Waals surface area contributed by atoms with Gasteiger partial charge in [-0.05, 0) is 56.7 Å². The molecule has 28 heavy (non-hydrogen) atoms. The van der Waals surface area contributed by atoms with Crippen LogP contribution in [0.5, 0.6) is 5.75 Å². The van der Waals surface area contributed by atoms with Crippen molar-refractivity contribution in [1.29, 1.82) is 0 Å². The third-order valence-corrected chi connectivity index (χ3v) is 5.49. The zero-order valence-electron chi connectivity index (χ0n) is 15.9. The van der Waals surface area contributed by atoms with E-state index < -0.39 is 10.0 Å². The van der Waals surface area contributed by atoms with E-state index in [-0.39, 0.29) is 10.7 Å². The maximum atomic E-state index is 12.6. The Labute approximate surface area is 164 Å². The first-order valence-corrected chi connectivity index (χ1v) is 10.3. The Bertz CT molecular complexity index is 1070. The highest BCUT2D eigenvalue weighted by atomic mass is 32.2. The molecule has 2 N–H and O–H groups in total. The predicted molar refractivity (Wildman–Crippen MR) is 110 cm³/mol. The molecule has 3 aromatic rings. The molecule has 3 rings (SSSR count). The van der Waals surface area contributed by atoms with E-state index >= 15 is 0 Å². The van der Waals surface area contributed by atoms with Crippen LogP contribution in [0.25, 0.3) is 0 Å². The van der Waals surface area contributed by atoms with Crippen LogP contribution >= 0.6 is 0 Å².